The molecule has 1 aliphatic rings. The Balaban J connectivity index is 1.92. The van der Waals surface area contributed by atoms with Crippen LogP contribution in [0.5, 0.6) is 0 Å². The molecule has 2 aromatic carbocycles. The highest BCUT2D eigenvalue weighted by molar-refractivity contribution is 6.30. The highest BCUT2D eigenvalue weighted by Gasteiger charge is 2.22. The first-order valence-corrected chi connectivity index (χ1v) is 7.43. The Morgan fingerprint density at radius 1 is 1.09 bits per heavy atom. The van der Waals surface area contributed by atoms with Crippen molar-refractivity contribution in [3.63, 3.8) is 0 Å². The van der Waals surface area contributed by atoms with Gasteiger partial charge in [-0.15, -0.1) is 0 Å². The summed E-state index contributed by atoms with van der Waals surface area (Å²) in [7, 11) is 0. The van der Waals surface area contributed by atoms with Crippen LogP contribution >= 0.6 is 11.6 Å². The van der Waals surface area contributed by atoms with E-state index in [-0.39, 0.29) is 17.5 Å². The molecule has 1 unspecified atom stereocenters. The van der Waals surface area contributed by atoms with Crippen molar-refractivity contribution in [2.75, 3.05) is 0 Å². The van der Waals surface area contributed by atoms with Crippen molar-refractivity contribution < 1.29 is 9.72 Å². The average Bonchev–Trinajstić information content (AvgIpc) is 2.55. The van der Waals surface area contributed by atoms with Gasteiger partial charge in [0.05, 0.1) is 4.92 Å². The highest BCUT2D eigenvalue weighted by atomic mass is 35.5. The zero-order chi connectivity index (χ0) is 16.4. The monoisotopic (exact) mass is 328 g/mol. The molecule has 2 aromatic rings. The normalized spacial score (nSPS) is 17.3. The molecule has 1 atom stereocenters. The number of nitro groups is 1. The summed E-state index contributed by atoms with van der Waals surface area (Å²) in [5, 5.41) is 14.2. The van der Waals surface area contributed by atoms with Gasteiger partial charge in [-0.1, -0.05) is 29.8 Å². The van der Waals surface area contributed by atoms with Crippen LogP contribution in [0.1, 0.15) is 23.5 Å². The molecule has 0 saturated heterocycles. The molecule has 0 aromatic heterocycles. The summed E-state index contributed by atoms with van der Waals surface area (Å²) in [5.74, 6) is -0.132. The number of hydrogen-bond acceptors (Lipinski definition) is 3. The van der Waals surface area contributed by atoms with Crippen molar-refractivity contribution in [2.24, 2.45) is 0 Å². The third kappa shape index (κ3) is 3.40. The first-order valence-electron chi connectivity index (χ1n) is 7.05. The van der Waals surface area contributed by atoms with E-state index in [4.69, 9.17) is 11.6 Å². The molecule has 0 bridgehead atoms. The Hall–Kier alpha value is -2.66. The van der Waals surface area contributed by atoms with Gasteiger partial charge in [-0.05, 0) is 35.4 Å². The molecule has 1 amide bonds. The number of carbonyl (C=O) groups is 1. The van der Waals surface area contributed by atoms with Gasteiger partial charge in [-0.25, -0.2) is 0 Å². The molecule has 23 heavy (non-hydrogen) atoms. The number of benzene rings is 2. The lowest BCUT2D eigenvalue weighted by Gasteiger charge is -2.22. The molecular formula is C17H13ClN2O3. The number of nitro benzene ring substituents is 1. The third-order valence-electron chi connectivity index (χ3n) is 3.73. The van der Waals surface area contributed by atoms with E-state index in [1.165, 1.54) is 12.1 Å². The summed E-state index contributed by atoms with van der Waals surface area (Å²) in [5.41, 5.74) is 2.42. The summed E-state index contributed by atoms with van der Waals surface area (Å²) in [6.45, 7) is 0. The SMILES string of the molecule is O=C1CC(c2ccc(Cl)cc2)C=C(c2ccc([N+](=O)[O-])cc2)N1. The molecule has 0 saturated carbocycles. The van der Waals surface area contributed by atoms with Crippen molar-refractivity contribution in [2.45, 2.75) is 12.3 Å². The fourth-order valence-electron chi connectivity index (χ4n) is 2.56. The highest BCUT2D eigenvalue weighted by Crippen LogP contribution is 2.30. The number of rotatable bonds is 3. The molecule has 1 heterocycles. The first kappa shape index (κ1) is 15.2. The maximum atomic E-state index is 12.0. The fourth-order valence-corrected chi connectivity index (χ4v) is 2.68. The van der Waals surface area contributed by atoms with Crippen LogP contribution in [0.25, 0.3) is 5.70 Å². The van der Waals surface area contributed by atoms with E-state index in [1.54, 1.807) is 24.3 Å². The van der Waals surface area contributed by atoms with Crippen LogP contribution < -0.4 is 5.32 Å². The molecule has 0 spiro atoms. The number of nitrogens with one attached hydrogen (secondary N) is 1. The molecule has 6 heteroatoms. The van der Waals surface area contributed by atoms with Crippen LogP contribution in [0.2, 0.25) is 5.02 Å². The van der Waals surface area contributed by atoms with Gasteiger partial charge in [0, 0.05) is 35.2 Å². The summed E-state index contributed by atoms with van der Waals surface area (Å²) in [4.78, 5) is 22.3. The topological polar surface area (TPSA) is 72.2 Å². The molecule has 0 radical (unpaired) electrons. The molecule has 1 N–H and O–H groups in total. The van der Waals surface area contributed by atoms with E-state index in [0.29, 0.717) is 17.1 Å². The number of nitrogens with zero attached hydrogens (tertiary/aromatic N) is 1. The fraction of sp³-hybridized carbons (Fsp3) is 0.118. The maximum Gasteiger partial charge on any atom is 0.269 e. The van der Waals surface area contributed by atoms with E-state index in [9.17, 15) is 14.9 Å². The Bertz CT molecular complexity index is 782. The second-order valence-corrected chi connectivity index (χ2v) is 5.73. The van der Waals surface area contributed by atoms with Crippen LogP contribution in [0.15, 0.2) is 54.6 Å². The van der Waals surface area contributed by atoms with E-state index in [2.05, 4.69) is 5.32 Å². The van der Waals surface area contributed by atoms with Gasteiger partial charge in [0.15, 0.2) is 0 Å². The molecule has 3 rings (SSSR count). The first-order chi connectivity index (χ1) is 11.0. The van der Waals surface area contributed by atoms with Gasteiger partial charge in [0.2, 0.25) is 5.91 Å². The summed E-state index contributed by atoms with van der Waals surface area (Å²) < 4.78 is 0. The molecule has 1 aliphatic heterocycles. The summed E-state index contributed by atoms with van der Waals surface area (Å²) >= 11 is 5.89. The molecule has 5 nitrogen and oxygen atoms in total. The number of non-ortho nitro benzene ring substituents is 1. The lowest BCUT2D eigenvalue weighted by Crippen LogP contribution is -2.28. The van der Waals surface area contributed by atoms with Crippen molar-refractivity contribution in [1.29, 1.82) is 0 Å². The largest absolute Gasteiger partial charge is 0.326 e. The zero-order valence-electron chi connectivity index (χ0n) is 12.0. The minimum absolute atomic E-state index is 0.0192. The van der Waals surface area contributed by atoms with Crippen molar-refractivity contribution >= 4 is 28.9 Å². The van der Waals surface area contributed by atoms with E-state index >= 15 is 0 Å². The minimum Gasteiger partial charge on any atom is -0.326 e. The van der Waals surface area contributed by atoms with Gasteiger partial charge in [0.25, 0.3) is 5.69 Å². The van der Waals surface area contributed by atoms with Crippen LogP contribution in [0.3, 0.4) is 0 Å². The Labute approximate surface area is 137 Å². The summed E-state index contributed by atoms with van der Waals surface area (Å²) in [6, 6.07) is 13.5. The van der Waals surface area contributed by atoms with Crippen LogP contribution in [0.4, 0.5) is 5.69 Å². The smallest absolute Gasteiger partial charge is 0.269 e. The van der Waals surface area contributed by atoms with Crippen molar-refractivity contribution in [3.8, 4) is 0 Å². The Morgan fingerprint density at radius 2 is 1.74 bits per heavy atom. The second kappa shape index (κ2) is 6.22. The molecule has 116 valence electrons. The minimum atomic E-state index is -0.450. The number of halogens is 1. The number of carbonyl (C=O) groups excluding carboxylic acids is 1. The quantitative estimate of drug-likeness (QED) is 0.686. The number of amides is 1. The van der Waals surface area contributed by atoms with Gasteiger partial charge < -0.3 is 5.32 Å². The molecule has 0 fully saturated rings. The summed E-state index contributed by atoms with van der Waals surface area (Å²) in [6.07, 6.45) is 2.32. The maximum absolute atomic E-state index is 12.0. The van der Waals surface area contributed by atoms with Crippen LogP contribution in [-0.2, 0) is 4.79 Å². The molecular weight excluding hydrogens is 316 g/mol. The van der Waals surface area contributed by atoms with E-state index in [1.807, 2.05) is 18.2 Å². The Kier molecular flexibility index (Phi) is 4.12. The number of allylic oxidation sites excluding steroid dienone is 1. The van der Waals surface area contributed by atoms with Crippen molar-refractivity contribution in [1.82, 2.24) is 5.32 Å². The van der Waals surface area contributed by atoms with Crippen LogP contribution in [0, 0.1) is 10.1 Å². The van der Waals surface area contributed by atoms with Gasteiger partial charge in [-0.3, -0.25) is 14.9 Å². The van der Waals surface area contributed by atoms with E-state index < -0.39 is 4.92 Å². The Morgan fingerprint density at radius 3 is 2.35 bits per heavy atom. The van der Waals surface area contributed by atoms with Crippen molar-refractivity contribution in [3.05, 3.63) is 80.9 Å². The lowest BCUT2D eigenvalue weighted by molar-refractivity contribution is -0.384. The average molecular weight is 329 g/mol. The van der Waals surface area contributed by atoms with Gasteiger partial charge in [-0.2, -0.15) is 0 Å². The lowest BCUT2D eigenvalue weighted by atomic mass is 9.90. The second-order valence-electron chi connectivity index (χ2n) is 5.29. The predicted octanol–water partition coefficient (Wildman–Crippen LogP) is 3.89. The van der Waals surface area contributed by atoms with Gasteiger partial charge in [0.1, 0.15) is 0 Å². The standard InChI is InChI=1S/C17H13ClN2O3/c18-14-5-1-11(2-6-14)13-9-16(19-17(21)10-13)12-3-7-15(8-4-12)20(22)23/h1-9,13H,10H2,(H,19,21). The zero-order valence-corrected chi connectivity index (χ0v) is 12.8. The predicted molar refractivity (Wildman–Crippen MR) is 88.0 cm³/mol. The number of hydrogen-bond donors (Lipinski definition) is 1. The van der Waals surface area contributed by atoms with E-state index in [0.717, 1.165) is 11.1 Å². The van der Waals surface area contributed by atoms with Crippen LogP contribution in [-0.4, -0.2) is 10.8 Å². The van der Waals surface area contributed by atoms with Gasteiger partial charge >= 0.3 is 0 Å². The third-order valence-corrected chi connectivity index (χ3v) is 3.99. The molecule has 0 aliphatic carbocycles.